The van der Waals surface area contributed by atoms with Gasteiger partial charge in [-0.25, -0.2) is 5.43 Å². The van der Waals surface area contributed by atoms with Gasteiger partial charge in [0.25, 0.3) is 5.91 Å². The molecule has 7 heteroatoms. The van der Waals surface area contributed by atoms with Crippen LogP contribution in [0.25, 0.3) is 0 Å². The van der Waals surface area contributed by atoms with E-state index in [2.05, 4.69) is 57.6 Å². The van der Waals surface area contributed by atoms with Crippen LogP contribution in [0, 0.1) is 6.92 Å². The summed E-state index contributed by atoms with van der Waals surface area (Å²) in [6, 6.07) is 18.9. The number of nitrogens with zero attached hydrogens (tertiary/aromatic N) is 1. The van der Waals surface area contributed by atoms with Crippen LogP contribution in [0.2, 0.25) is 0 Å². The van der Waals surface area contributed by atoms with Crippen LogP contribution >= 0.6 is 15.9 Å². The Labute approximate surface area is 209 Å². The minimum Gasteiger partial charge on any atom is -0.490 e. The van der Waals surface area contributed by atoms with Crippen molar-refractivity contribution in [1.29, 1.82) is 0 Å². The van der Waals surface area contributed by atoms with E-state index in [0.29, 0.717) is 36.9 Å². The maximum atomic E-state index is 12.5. The highest BCUT2D eigenvalue weighted by atomic mass is 79.9. The summed E-state index contributed by atoms with van der Waals surface area (Å²) in [5.74, 6) is 1.56. The third kappa shape index (κ3) is 7.35. The Bertz CT molecular complexity index is 1130. The number of carbonyl (C=O) groups excluding carboxylic acids is 1. The molecule has 1 N–H and O–H groups in total. The van der Waals surface area contributed by atoms with Crippen molar-refractivity contribution in [2.75, 3.05) is 13.2 Å². The number of ether oxygens (including phenoxy) is 3. The van der Waals surface area contributed by atoms with Crippen LogP contribution in [0.5, 0.6) is 17.2 Å². The van der Waals surface area contributed by atoms with Crippen LogP contribution < -0.4 is 19.6 Å². The van der Waals surface area contributed by atoms with Gasteiger partial charge in [0.1, 0.15) is 12.4 Å². The topological polar surface area (TPSA) is 69.2 Å². The fourth-order valence-electron chi connectivity index (χ4n) is 3.04. The molecule has 0 heterocycles. The first-order valence-corrected chi connectivity index (χ1v) is 12.0. The van der Waals surface area contributed by atoms with Gasteiger partial charge in [0.2, 0.25) is 0 Å². The first-order valence-electron chi connectivity index (χ1n) is 11.2. The van der Waals surface area contributed by atoms with E-state index in [1.165, 1.54) is 5.56 Å². The molecule has 0 radical (unpaired) electrons. The first kappa shape index (κ1) is 25.3. The molecule has 3 aromatic rings. The Morgan fingerprint density at radius 2 is 1.71 bits per heavy atom. The second-order valence-corrected chi connectivity index (χ2v) is 8.46. The predicted octanol–water partition coefficient (Wildman–Crippen LogP) is 6.29. The normalized spacial score (nSPS) is 10.8. The maximum Gasteiger partial charge on any atom is 0.271 e. The molecule has 0 atom stereocenters. The Morgan fingerprint density at radius 1 is 0.941 bits per heavy atom. The molecule has 0 aliphatic rings. The van der Waals surface area contributed by atoms with Gasteiger partial charge in [-0.2, -0.15) is 5.10 Å². The van der Waals surface area contributed by atoms with Crippen molar-refractivity contribution in [3.63, 3.8) is 0 Å². The lowest BCUT2D eigenvalue weighted by molar-refractivity contribution is 0.0954. The van der Waals surface area contributed by atoms with Crippen molar-refractivity contribution >= 4 is 28.1 Å². The van der Waals surface area contributed by atoms with Gasteiger partial charge >= 0.3 is 0 Å². The highest BCUT2D eigenvalue weighted by Crippen LogP contribution is 2.29. The average Bonchev–Trinajstić information content (AvgIpc) is 2.84. The van der Waals surface area contributed by atoms with Gasteiger partial charge in [0, 0.05) is 5.56 Å². The summed E-state index contributed by atoms with van der Waals surface area (Å²) >= 11 is 3.54. The number of aryl methyl sites for hydroxylation is 1. The Morgan fingerprint density at radius 3 is 2.41 bits per heavy atom. The molecule has 34 heavy (non-hydrogen) atoms. The molecule has 0 aliphatic heterocycles. The number of hydrazone groups is 1. The number of amides is 1. The third-order valence-electron chi connectivity index (χ3n) is 4.82. The van der Waals surface area contributed by atoms with Gasteiger partial charge in [0.05, 0.1) is 23.9 Å². The van der Waals surface area contributed by atoms with Crippen molar-refractivity contribution in [2.24, 2.45) is 5.10 Å². The van der Waals surface area contributed by atoms with Gasteiger partial charge in [-0.15, -0.1) is 0 Å². The fourth-order valence-corrected chi connectivity index (χ4v) is 3.55. The van der Waals surface area contributed by atoms with Crippen LogP contribution in [-0.4, -0.2) is 25.3 Å². The van der Waals surface area contributed by atoms with Crippen molar-refractivity contribution in [2.45, 2.75) is 33.8 Å². The second-order valence-electron chi connectivity index (χ2n) is 7.61. The summed E-state index contributed by atoms with van der Waals surface area (Å²) < 4.78 is 18.0. The lowest BCUT2D eigenvalue weighted by Crippen LogP contribution is -2.17. The van der Waals surface area contributed by atoms with E-state index in [1.807, 2.05) is 32.0 Å². The molecule has 0 spiro atoms. The predicted molar refractivity (Wildman–Crippen MR) is 138 cm³/mol. The van der Waals surface area contributed by atoms with E-state index in [-0.39, 0.29) is 5.91 Å². The molecule has 0 aromatic heterocycles. The number of rotatable bonds is 11. The molecule has 0 unspecified atom stereocenters. The fraction of sp³-hybridized carbons (Fsp3) is 0.259. The molecule has 3 aromatic carbocycles. The molecular formula is C27H29BrN2O4. The highest BCUT2D eigenvalue weighted by molar-refractivity contribution is 9.10. The lowest BCUT2D eigenvalue weighted by atomic mass is 10.2. The van der Waals surface area contributed by atoms with Crippen molar-refractivity contribution < 1.29 is 19.0 Å². The molecule has 0 aliphatic carbocycles. The molecule has 0 fully saturated rings. The van der Waals surface area contributed by atoms with E-state index < -0.39 is 0 Å². The molecule has 0 saturated carbocycles. The summed E-state index contributed by atoms with van der Waals surface area (Å²) in [6.07, 6.45) is 2.47. The van der Waals surface area contributed by atoms with Gasteiger partial charge in [-0.05, 0) is 83.7 Å². The SMILES string of the molecule is CCCOc1ccc(C(=O)N/N=C/c2ccc(OCc3ccc(C)cc3)c(Br)c2)cc1OCC. The number of hydrogen-bond donors (Lipinski definition) is 1. The summed E-state index contributed by atoms with van der Waals surface area (Å²) in [4.78, 5) is 12.5. The van der Waals surface area contributed by atoms with Crippen molar-refractivity contribution in [3.8, 4) is 17.2 Å². The average molecular weight is 525 g/mol. The van der Waals surface area contributed by atoms with Gasteiger partial charge in [0.15, 0.2) is 11.5 Å². The standard InChI is InChI=1S/C27H29BrN2O4/c1-4-14-33-25-13-11-22(16-26(25)32-5-2)27(31)30-29-17-21-10-12-24(23(28)15-21)34-18-20-8-6-19(3)7-9-20/h6-13,15-17H,4-5,14,18H2,1-3H3,(H,30,31)/b29-17+. The molecular weight excluding hydrogens is 496 g/mol. The summed E-state index contributed by atoms with van der Waals surface area (Å²) in [5, 5.41) is 4.08. The minimum atomic E-state index is -0.337. The third-order valence-corrected chi connectivity index (χ3v) is 5.44. The van der Waals surface area contributed by atoms with E-state index in [4.69, 9.17) is 14.2 Å². The van der Waals surface area contributed by atoms with Crippen LogP contribution in [0.15, 0.2) is 70.2 Å². The van der Waals surface area contributed by atoms with E-state index in [9.17, 15) is 4.79 Å². The second kappa shape index (κ2) is 12.8. The lowest BCUT2D eigenvalue weighted by Gasteiger charge is -2.12. The molecule has 0 bridgehead atoms. The largest absolute Gasteiger partial charge is 0.490 e. The quantitative estimate of drug-likeness (QED) is 0.236. The van der Waals surface area contributed by atoms with Gasteiger partial charge < -0.3 is 14.2 Å². The molecule has 0 saturated heterocycles. The van der Waals surface area contributed by atoms with E-state index in [1.54, 1.807) is 24.4 Å². The van der Waals surface area contributed by atoms with Crippen molar-refractivity contribution in [3.05, 3.63) is 87.4 Å². The van der Waals surface area contributed by atoms with Crippen LogP contribution in [0.1, 0.15) is 47.3 Å². The van der Waals surface area contributed by atoms with Crippen LogP contribution in [0.3, 0.4) is 0 Å². The zero-order valence-corrected chi connectivity index (χ0v) is 21.2. The molecule has 1 amide bonds. The number of hydrogen-bond acceptors (Lipinski definition) is 5. The molecule has 3 rings (SSSR count). The molecule has 178 valence electrons. The monoisotopic (exact) mass is 524 g/mol. The Hall–Kier alpha value is -3.32. The van der Waals surface area contributed by atoms with E-state index >= 15 is 0 Å². The maximum absolute atomic E-state index is 12.5. The molecule has 6 nitrogen and oxygen atoms in total. The summed E-state index contributed by atoms with van der Waals surface area (Å²) in [7, 11) is 0. The van der Waals surface area contributed by atoms with Crippen molar-refractivity contribution in [1.82, 2.24) is 5.43 Å². The highest BCUT2D eigenvalue weighted by Gasteiger charge is 2.11. The van der Waals surface area contributed by atoms with Crippen LogP contribution in [-0.2, 0) is 6.61 Å². The number of nitrogens with one attached hydrogen (secondary N) is 1. The minimum absolute atomic E-state index is 0.337. The zero-order valence-electron chi connectivity index (χ0n) is 19.6. The number of benzene rings is 3. The first-order chi connectivity index (χ1) is 16.5. The number of halogens is 1. The Balaban J connectivity index is 1.59. The Kier molecular flexibility index (Phi) is 9.52. The summed E-state index contributed by atoms with van der Waals surface area (Å²) in [5.41, 5.74) is 6.12. The summed E-state index contributed by atoms with van der Waals surface area (Å²) in [6.45, 7) is 7.52. The van der Waals surface area contributed by atoms with Crippen LogP contribution in [0.4, 0.5) is 0 Å². The zero-order chi connectivity index (χ0) is 24.3. The van der Waals surface area contributed by atoms with E-state index in [0.717, 1.165) is 27.8 Å². The smallest absolute Gasteiger partial charge is 0.271 e. The van der Waals surface area contributed by atoms with Gasteiger partial charge in [-0.1, -0.05) is 36.8 Å². The van der Waals surface area contributed by atoms with Gasteiger partial charge in [-0.3, -0.25) is 4.79 Å². The number of carbonyl (C=O) groups is 1.